The van der Waals surface area contributed by atoms with Crippen molar-refractivity contribution in [1.29, 1.82) is 0 Å². The molecular weight excluding hydrogens is 316 g/mol. The summed E-state index contributed by atoms with van der Waals surface area (Å²) in [4.78, 5) is 13.4. The number of amides is 1. The molecule has 23 heavy (non-hydrogen) atoms. The van der Waals surface area contributed by atoms with Crippen molar-refractivity contribution in [3.05, 3.63) is 48.0 Å². The van der Waals surface area contributed by atoms with Gasteiger partial charge in [0.15, 0.2) is 0 Å². The SMILES string of the molecule is COc1ccc(-c2cccc(C(=O)N(C)C)c2)cc1S(N)(=O)=O. The molecule has 0 bridgehead atoms. The number of methoxy groups -OCH3 is 1. The second-order valence-electron chi connectivity index (χ2n) is 5.19. The summed E-state index contributed by atoms with van der Waals surface area (Å²) in [6, 6.07) is 11.6. The Bertz CT molecular complexity index is 845. The van der Waals surface area contributed by atoms with Gasteiger partial charge >= 0.3 is 0 Å². The van der Waals surface area contributed by atoms with Crippen LogP contribution in [0.15, 0.2) is 47.4 Å². The molecule has 0 saturated heterocycles. The largest absolute Gasteiger partial charge is 0.495 e. The minimum atomic E-state index is -3.92. The molecule has 2 rings (SSSR count). The van der Waals surface area contributed by atoms with Crippen LogP contribution < -0.4 is 9.88 Å². The van der Waals surface area contributed by atoms with Crippen LogP contribution >= 0.6 is 0 Å². The van der Waals surface area contributed by atoms with Gasteiger partial charge in [-0.05, 0) is 35.4 Å². The van der Waals surface area contributed by atoms with Gasteiger partial charge in [0.25, 0.3) is 5.91 Å². The van der Waals surface area contributed by atoms with Crippen molar-refractivity contribution in [3.8, 4) is 16.9 Å². The zero-order chi connectivity index (χ0) is 17.2. The average Bonchev–Trinajstić information content (AvgIpc) is 2.52. The molecule has 0 spiro atoms. The number of carbonyl (C=O) groups excluding carboxylic acids is 1. The van der Waals surface area contributed by atoms with Crippen molar-refractivity contribution in [2.45, 2.75) is 4.90 Å². The number of primary sulfonamides is 1. The molecule has 0 aromatic heterocycles. The van der Waals surface area contributed by atoms with Crippen molar-refractivity contribution in [1.82, 2.24) is 4.90 Å². The van der Waals surface area contributed by atoms with Gasteiger partial charge < -0.3 is 9.64 Å². The van der Waals surface area contributed by atoms with Crippen LogP contribution in [-0.4, -0.2) is 40.4 Å². The van der Waals surface area contributed by atoms with Crippen LogP contribution in [0, 0.1) is 0 Å². The van der Waals surface area contributed by atoms with Crippen molar-refractivity contribution in [3.63, 3.8) is 0 Å². The van der Waals surface area contributed by atoms with E-state index in [1.54, 1.807) is 44.4 Å². The fourth-order valence-electron chi connectivity index (χ4n) is 2.17. The van der Waals surface area contributed by atoms with E-state index in [2.05, 4.69) is 0 Å². The average molecular weight is 334 g/mol. The Morgan fingerprint density at radius 3 is 2.30 bits per heavy atom. The van der Waals surface area contributed by atoms with Crippen LogP contribution in [0.25, 0.3) is 11.1 Å². The maximum Gasteiger partial charge on any atom is 0.253 e. The Morgan fingerprint density at radius 2 is 1.74 bits per heavy atom. The summed E-state index contributed by atoms with van der Waals surface area (Å²) in [6.07, 6.45) is 0. The molecule has 0 radical (unpaired) electrons. The summed E-state index contributed by atoms with van der Waals surface area (Å²) in [7, 11) is 0.795. The molecule has 0 aliphatic heterocycles. The summed E-state index contributed by atoms with van der Waals surface area (Å²) in [5.74, 6) is 0.0452. The number of rotatable bonds is 4. The van der Waals surface area contributed by atoms with E-state index >= 15 is 0 Å². The number of hydrogen-bond acceptors (Lipinski definition) is 4. The van der Waals surface area contributed by atoms with Crippen molar-refractivity contribution in [2.75, 3.05) is 21.2 Å². The molecular formula is C16H18N2O4S. The smallest absolute Gasteiger partial charge is 0.253 e. The highest BCUT2D eigenvalue weighted by Gasteiger charge is 2.16. The molecule has 0 saturated carbocycles. The molecule has 0 fully saturated rings. The molecule has 0 heterocycles. The molecule has 0 aliphatic rings. The number of nitrogens with zero attached hydrogens (tertiary/aromatic N) is 1. The summed E-state index contributed by atoms with van der Waals surface area (Å²) in [5.41, 5.74) is 1.86. The molecule has 2 aromatic rings. The fraction of sp³-hybridized carbons (Fsp3) is 0.188. The van der Waals surface area contributed by atoms with Gasteiger partial charge in [-0.1, -0.05) is 18.2 Å². The Labute approximate surface area is 135 Å². The van der Waals surface area contributed by atoms with Gasteiger partial charge in [0.2, 0.25) is 10.0 Å². The maximum absolute atomic E-state index is 12.0. The zero-order valence-corrected chi connectivity index (χ0v) is 13.9. The van der Waals surface area contributed by atoms with E-state index in [1.807, 2.05) is 0 Å². The number of sulfonamides is 1. The second kappa shape index (κ2) is 6.39. The Morgan fingerprint density at radius 1 is 1.09 bits per heavy atom. The third-order valence-electron chi connectivity index (χ3n) is 3.32. The lowest BCUT2D eigenvalue weighted by atomic mass is 10.0. The van der Waals surface area contributed by atoms with Gasteiger partial charge in [0.05, 0.1) is 7.11 Å². The molecule has 0 unspecified atom stereocenters. The highest BCUT2D eigenvalue weighted by Crippen LogP contribution is 2.29. The van der Waals surface area contributed by atoms with Crippen LogP contribution in [0.2, 0.25) is 0 Å². The second-order valence-corrected chi connectivity index (χ2v) is 6.72. The molecule has 122 valence electrons. The molecule has 7 heteroatoms. The van der Waals surface area contributed by atoms with Gasteiger partial charge in [0, 0.05) is 19.7 Å². The molecule has 6 nitrogen and oxygen atoms in total. The summed E-state index contributed by atoms with van der Waals surface area (Å²) < 4.78 is 28.4. The van der Waals surface area contributed by atoms with Crippen molar-refractivity contribution < 1.29 is 17.9 Å². The first-order valence-electron chi connectivity index (χ1n) is 6.77. The monoisotopic (exact) mass is 334 g/mol. The number of hydrogen-bond donors (Lipinski definition) is 1. The fourth-order valence-corrected chi connectivity index (χ4v) is 2.89. The topological polar surface area (TPSA) is 89.7 Å². The van der Waals surface area contributed by atoms with Gasteiger partial charge in [-0.2, -0.15) is 0 Å². The quantitative estimate of drug-likeness (QED) is 0.922. The van der Waals surface area contributed by atoms with Crippen molar-refractivity contribution >= 4 is 15.9 Å². The minimum Gasteiger partial charge on any atom is -0.495 e. The van der Waals surface area contributed by atoms with Gasteiger partial charge in [-0.3, -0.25) is 4.79 Å². The van der Waals surface area contributed by atoms with Crippen LogP contribution in [0.3, 0.4) is 0 Å². The minimum absolute atomic E-state index is 0.0955. The molecule has 0 atom stereocenters. The predicted molar refractivity (Wildman–Crippen MR) is 87.8 cm³/mol. The van der Waals surface area contributed by atoms with Crippen molar-refractivity contribution in [2.24, 2.45) is 5.14 Å². The lowest BCUT2D eigenvalue weighted by Crippen LogP contribution is -2.21. The highest BCUT2D eigenvalue weighted by molar-refractivity contribution is 7.89. The van der Waals surface area contributed by atoms with E-state index in [0.29, 0.717) is 16.7 Å². The third-order valence-corrected chi connectivity index (χ3v) is 4.25. The normalized spacial score (nSPS) is 11.1. The number of benzene rings is 2. The van der Waals surface area contributed by atoms with E-state index in [4.69, 9.17) is 9.88 Å². The van der Waals surface area contributed by atoms with E-state index < -0.39 is 10.0 Å². The number of ether oxygens (including phenoxy) is 1. The summed E-state index contributed by atoms with van der Waals surface area (Å²) >= 11 is 0. The van der Waals surface area contributed by atoms with Crippen LogP contribution in [0.5, 0.6) is 5.75 Å². The first-order chi connectivity index (χ1) is 10.7. The molecule has 0 aliphatic carbocycles. The Kier molecular flexibility index (Phi) is 4.72. The molecule has 2 aromatic carbocycles. The van der Waals surface area contributed by atoms with E-state index in [-0.39, 0.29) is 16.6 Å². The van der Waals surface area contributed by atoms with Gasteiger partial charge in [-0.15, -0.1) is 0 Å². The van der Waals surface area contributed by atoms with E-state index in [9.17, 15) is 13.2 Å². The standard InChI is InChI=1S/C16H18N2O4S/c1-18(2)16(19)13-6-4-5-11(9-13)12-7-8-14(22-3)15(10-12)23(17,20)21/h4-10H,1-3H3,(H2,17,20,21). The third kappa shape index (κ3) is 3.69. The highest BCUT2D eigenvalue weighted by atomic mass is 32.2. The first-order valence-corrected chi connectivity index (χ1v) is 8.31. The molecule has 2 N–H and O–H groups in total. The lowest BCUT2D eigenvalue weighted by Gasteiger charge is -2.12. The number of carbonyl (C=O) groups is 1. The predicted octanol–water partition coefficient (Wildman–Crippen LogP) is 1.71. The lowest BCUT2D eigenvalue weighted by molar-refractivity contribution is 0.0827. The van der Waals surface area contributed by atoms with Crippen LogP contribution in [0.4, 0.5) is 0 Å². The van der Waals surface area contributed by atoms with Gasteiger partial charge in [0.1, 0.15) is 10.6 Å². The Hall–Kier alpha value is -2.38. The summed E-state index contributed by atoms with van der Waals surface area (Å²) in [5, 5.41) is 5.23. The Balaban J connectivity index is 2.55. The zero-order valence-electron chi connectivity index (χ0n) is 13.1. The van der Waals surface area contributed by atoms with Crippen LogP contribution in [0.1, 0.15) is 10.4 Å². The van der Waals surface area contributed by atoms with E-state index in [1.165, 1.54) is 24.1 Å². The number of nitrogens with two attached hydrogens (primary N) is 1. The van der Waals surface area contributed by atoms with Crippen LogP contribution in [-0.2, 0) is 10.0 Å². The summed E-state index contributed by atoms with van der Waals surface area (Å²) in [6.45, 7) is 0. The first kappa shape index (κ1) is 17.0. The maximum atomic E-state index is 12.0. The van der Waals surface area contributed by atoms with Gasteiger partial charge in [-0.25, -0.2) is 13.6 Å². The molecule has 1 amide bonds. The van der Waals surface area contributed by atoms with E-state index in [0.717, 1.165) is 0 Å².